The molecule has 1 amide bonds. The molecular weight excluding hydrogens is 350 g/mol. The van der Waals surface area contributed by atoms with Gasteiger partial charge in [-0.05, 0) is 37.8 Å². The molecule has 1 aliphatic carbocycles. The normalized spacial score (nSPS) is 19.6. The number of carboxylic acids is 1. The Morgan fingerprint density at radius 2 is 1.81 bits per heavy atom. The Kier molecular flexibility index (Phi) is 9.17. The van der Waals surface area contributed by atoms with Crippen LogP contribution in [-0.2, 0) is 14.3 Å². The fourth-order valence-electron chi connectivity index (χ4n) is 3.16. The van der Waals surface area contributed by atoms with Crippen LogP contribution in [0, 0.1) is 5.92 Å². The van der Waals surface area contributed by atoms with Crippen LogP contribution in [-0.4, -0.2) is 61.5 Å². The second-order valence-corrected chi connectivity index (χ2v) is 6.63. The fraction of sp³-hybridized carbons (Fsp3) is 0.632. The van der Waals surface area contributed by atoms with Crippen LogP contribution in [0.15, 0.2) is 18.3 Å². The number of ether oxygens (including phenoxy) is 2. The maximum absolute atomic E-state index is 12.1. The molecule has 27 heavy (non-hydrogen) atoms. The van der Waals surface area contributed by atoms with Gasteiger partial charge in [-0.3, -0.25) is 14.6 Å². The molecule has 4 N–H and O–H groups in total. The third-order valence-corrected chi connectivity index (χ3v) is 4.71. The van der Waals surface area contributed by atoms with Gasteiger partial charge in [0.05, 0.1) is 37.9 Å². The van der Waals surface area contributed by atoms with E-state index < -0.39 is 5.97 Å². The van der Waals surface area contributed by atoms with E-state index >= 15 is 0 Å². The quantitative estimate of drug-likeness (QED) is 0.493. The zero-order valence-electron chi connectivity index (χ0n) is 15.6. The Bertz CT molecular complexity index is 586. The Labute approximate surface area is 159 Å². The Morgan fingerprint density at radius 1 is 1.11 bits per heavy atom. The van der Waals surface area contributed by atoms with E-state index in [9.17, 15) is 9.59 Å². The number of hydrogen-bond acceptors (Lipinski definition) is 6. The summed E-state index contributed by atoms with van der Waals surface area (Å²) in [6.45, 7) is 2.80. The molecule has 0 unspecified atom stereocenters. The molecule has 0 aliphatic heterocycles. The molecule has 0 atom stereocenters. The minimum atomic E-state index is -0.708. The molecule has 0 spiro atoms. The molecule has 0 bridgehead atoms. The fourth-order valence-corrected chi connectivity index (χ4v) is 3.16. The monoisotopic (exact) mass is 379 g/mol. The van der Waals surface area contributed by atoms with Gasteiger partial charge in [-0.25, -0.2) is 0 Å². The number of hydrogen-bond donors (Lipinski definition) is 3. The molecule has 0 radical (unpaired) electrons. The van der Waals surface area contributed by atoms with Gasteiger partial charge >= 0.3 is 5.97 Å². The lowest BCUT2D eigenvalue weighted by Crippen LogP contribution is -2.28. The highest BCUT2D eigenvalue weighted by atomic mass is 16.5. The molecule has 1 aromatic heterocycles. The molecule has 150 valence electrons. The first kappa shape index (κ1) is 21.3. The van der Waals surface area contributed by atoms with Crippen LogP contribution in [0.2, 0.25) is 0 Å². The van der Waals surface area contributed by atoms with E-state index in [1.807, 2.05) is 6.07 Å². The van der Waals surface area contributed by atoms with Crippen LogP contribution < -0.4 is 11.1 Å². The van der Waals surface area contributed by atoms with E-state index in [0.29, 0.717) is 57.9 Å². The third-order valence-electron chi connectivity index (χ3n) is 4.71. The summed E-state index contributed by atoms with van der Waals surface area (Å²) in [5.74, 6) is -0.861. The highest BCUT2D eigenvalue weighted by Crippen LogP contribution is 2.34. The van der Waals surface area contributed by atoms with Crippen LogP contribution in [0.4, 0.5) is 0 Å². The van der Waals surface area contributed by atoms with Crippen molar-refractivity contribution in [3.8, 4) is 0 Å². The molecule has 2 rings (SSSR count). The van der Waals surface area contributed by atoms with Gasteiger partial charge in [0.2, 0.25) is 0 Å². The highest BCUT2D eigenvalue weighted by Gasteiger charge is 2.27. The number of amides is 1. The van der Waals surface area contributed by atoms with Crippen LogP contribution in [0.3, 0.4) is 0 Å². The summed E-state index contributed by atoms with van der Waals surface area (Å²) in [6.07, 6.45) is 4.58. The predicted molar refractivity (Wildman–Crippen MR) is 99.6 cm³/mol. The average Bonchev–Trinajstić information content (AvgIpc) is 2.70. The summed E-state index contributed by atoms with van der Waals surface area (Å²) in [5.41, 5.74) is 6.74. The number of nitrogens with two attached hydrogens (primary N) is 1. The van der Waals surface area contributed by atoms with Crippen molar-refractivity contribution in [2.45, 2.75) is 31.6 Å². The molecule has 8 nitrogen and oxygen atoms in total. The van der Waals surface area contributed by atoms with E-state index in [1.165, 1.54) is 0 Å². The maximum atomic E-state index is 12.1. The summed E-state index contributed by atoms with van der Waals surface area (Å²) >= 11 is 0. The molecule has 1 fully saturated rings. The molecule has 1 aromatic rings. The van der Waals surface area contributed by atoms with E-state index in [4.69, 9.17) is 20.3 Å². The lowest BCUT2D eigenvalue weighted by atomic mass is 9.80. The second-order valence-electron chi connectivity index (χ2n) is 6.63. The first-order valence-electron chi connectivity index (χ1n) is 9.44. The van der Waals surface area contributed by atoms with Gasteiger partial charge in [0, 0.05) is 30.9 Å². The van der Waals surface area contributed by atoms with Crippen molar-refractivity contribution < 1.29 is 24.2 Å². The Morgan fingerprint density at radius 3 is 2.41 bits per heavy atom. The second kappa shape index (κ2) is 11.6. The number of nitrogens with zero attached hydrogens (tertiary/aromatic N) is 1. The van der Waals surface area contributed by atoms with Gasteiger partial charge in [-0.2, -0.15) is 0 Å². The SMILES string of the molecule is NCCOCCOCCNC(=O)c1ccc(C2CCC(C(=O)O)CC2)nc1. The number of pyridine rings is 1. The third kappa shape index (κ3) is 7.24. The van der Waals surface area contributed by atoms with Crippen molar-refractivity contribution in [2.24, 2.45) is 11.7 Å². The minimum absolute atomic E-state index is 0.188. The van der Waals surface area contributed by atoms with Gasteiger partial charge in [-0.15, -0.1) is 0 Å². The molecule has 0 aromatic carbocycles. The Hall–Kier alpha value is -2.03. The average molecular weight is 379 g/mol. The van der Waals surface area contributed by atoms with E-state index in [1.54, 1.807) is 12.3 Å². The van der Waals surface area contributed by atoms with Gasteiger partial charge in [0.15, 0.2) is 0 Å². The van der Waals surface area contributed by atoms with E-state index in [-0.39, 0.29) is 17.7 Å². The van der Waals surface area contributed by atoms with Crippen molar-refractivity contribution in [1.29, 1.82) is 0 Å². The number of aliphatic carboxylic acids is 1. The molecule has 0 saturated heterocycles. The van der Waals surface area contributed by atoms with E-state index in [0.717, 1.165) is 18.5 Å². The molecule has 8 heteroatoms. The lowest BCUT2D eigenvalue weighted by Gasteiger charge is -2.25. The largest absolute Gasteiger partial charge is 0.481 e. The smallest absolute Gasteiger partial charge is 0.306 e. The van der Waals surface area contributed by atoms with Crippen molar-refractivity contribution >= 4 is 11.9 Å². The first-order chi connectivity index (χ1) is 13.1. The number of nitrogens with one attached hydrogen (secondary N) is 1. The van der Waals surface area contributed by atoms with Gasteiger partial charge in [0.25, 0.3) is 5.91 Å². The van der Waals surface area contributed by atoms with E-state index in [2.05, 4.69) is 10.3 Å². The highest BCUT2D eigenvalue weighted by molar-refractivity contribution is 5.93. The maximum Gasteiger partial charge on any atom is 0.306 e. The zero-order chi connectivity index (χ0) is 19.5. The number of carboxylic acid groups (broad SMARTS) is 1. The summed E-state index contributed by atoms with van der Waals surface area (Å²) in [7, 11) is 0. The number of aromatic nitrogens is 1. The minimum Gasteiger partial charge on any atom is -0.481 e. The Balaban J connectivity index is 1.67. The van der Waals surface area contributed by atoms with Crippen molar-refractivity contribution in [3.63, 3.8) is 0 Å². The van der Waals surface area contributed by atoms with Crippen molar-refractivity contribution in [1.82, 2.24) is 10.3 Å². The van der Waals surface area contributed by atoms with Crippen LogP contribution in [0.1, 0.15) is 47.7 Å². The number of rotatable bonds is 11. The summed E-state index contributed by atoms with van der Waals surface area (Å²) < 4.78 is 10.5. The lowest BCUT2D eigenvalue weighted by molar-refractivity contribution is -0.142. The molecule has 1 heterocycles. The van der Waals surface area contributed by atoms with Crippen LogP contribution in [0.25, 0.3) is 0 Å². The molecule has 1 aliphatic rings. The zero-order valence-corrected chi connectivity index (χ0v) is 15.6. The van der Waals surface area contributed by atoms with Crippen LogP contribution in [0.5, 0.6) is 0 Å². The summed E-state index contributed by atoms with van der Waals surface area (Å²) in [4.78, 5) is 27.6. The number of carbonyl (C=O) groups is 2. The predicted octanol–water partition coefficient (Wildman–Crippen LogP) is 1.16. The van der Waals surface area contributed by atoms with Gasteiger partial charge in [-0.1, -0.05) is 0 Å². The molecule has 1 saturated carbocycles. The van der Waals surface area contributed by atoms with Crippen molar-refractivity contribution in [2.75, 3.05) is 39.5 Å². The van der Waals surface area contributed by atoms with Crippen LogP contribution >= 0.6 is 0 Å². The number of carbonyl (C=O) groups excluding carboxylic acids is 1. The molecular formula is C19H29N3O5. The van der Waals surface area contributed by atoms with Gasteiger partial charge in [0.1, 0.15) is 0 Å². The first-order valence-corrected chi connectivity index (χ1v) is 9.44. The van der Waals surface area contributed by atoms with Gasteiger partial charge < -0.3 is 25.6 Å². The summed E-state index contributed by atoms with van der Waals surface area (Å²) in [6, 6.07) is 3.63. The standard InChI is InChI=1S/C19H29N3O5/c20-7-9-26-11-12-27-10-8-21-18(23)16-5-6-17(22-13-16)14-1-3-15(4-2-14)19(24)25/h5-6,13-15H,1-4,7-12,20H2,(H,21,23)(H,24,25). The van der Waals surface area contributed by atoms with Crippen molar-refractivity contribution in [3.05, 3.63) is 29.6 Å². The summed E-state index contributed by atoms with van der Waals surface area (Å²) in [5, 5.41) is 11.9. The topological polar surface area (TPSA) is 124 Å².